The van der Waals surface area contributed by atoms with E-state index in [-0.39, 0.29) is 11.5 Å². The Morgan fingerprint density at radius 1 is 1.12 bits per heavy atom. The molecule has 0 aliphatic carbocycles. The Labute approximate surface area is 201 Å². The lowest BCUT2D eigenvalue weighted by atomic mass is 9.98. The molecule has 0 saturated carbocycles. The summed E-state index contributed by atoms with van der Waals surface area (Å²) in [5, 5.41) is 10.8. The molecule has 5 nitrogen and oxygen atoms in total. The van der Waals surface area contributed by atoms with E-state index < -0.39 is 5.97 Å². The van der Waals surface area contributed by atoms with Crippen LogP contribution >= 0.6 is 35.7 Å². The van der Waals surface area contributed by atoms with Crippen molar-refractivity contribution in [2.45, 2.75) is 13.5 Å². The molecular formula is C24H22N2O3S3. The molecule has 0 atom stereocenters. The third-order valence-electron chi connectivity index (χ3n) is 5.30. The molecule has 2 saturated heterocycles. The standard InChI is InChI=1S/C24H22N2O3S3/c1-2-25-12-13-31-20(25)14-19(17-10-6-7-11-18(17)23(28)29)21-22(27)26(24(30)32-21)15-16-8-4-3-5-9-16/h3-11,14H,2,12-13,15H2,1H3,(H,28,29)/b20-14-,21-19+. The third kappa shape index (κ3) is 4.62. The molecular weight excluding hydrogens is 460 g/mol. The Balaban J connectivity index is 1.83. The number of benzene rings is 2. The minimum absolute atomic E-state index is 0.165. The topological polar surface area (TPSA) is 60.9 Å². The minimum atomic E-state index is -1.03. The van der Waals surface area contributed by atoms with Crippen molar-refractivity contribution in [3.63, 3.8) is 0 Å². The molecule has 2 heterocycles. The van der Waals surface area contributed by atoms with Crippen LogP contribution in [-0.2, 0) is 11.3 Å². The van der Waals surface area contributed by atoms with E-state index in [0.29, 0.717) is 26.9 Å². The highest BCUT2D eigenvalue weighted by Crippen LogP contribution is 2.41. The predicted molar refractivity (Wildman–Crippen MR) is 135 cm³/mol. The van der Waals surface area contributed by atoms with Crippen LogP contribution in [0.1, 0.15) is 28.4 Å². The molecule has 0 bridgehead atoms. The summed E-state index contributed by atoms with van der Waals surface area (Å²) in [6, 6.07) is 16.5. The van der Waals surface area contributed by atoms with Crippen LogP contribution in [-0.4, -0.2) is 49.9 Å². The van der Waals surface area contributed by atoms with Crippen LogP contribution in [0.15, 0.2) is 70.6 Å². The molecule has 32 heavy (non-hydrogen) atoms. The van der Waals surface area contributed by atoms with Crippen molar-refractivity contribution in [3.05, 3.63) is 87.3 Å². The lowest BCUT2D eigenvalue weighted by molar-refractivity contribution is -0.122. The van der Waals surface area contributed by atoms with Gasteiger partial charge in [0, 0.05) is 24.4 Å². The van der Waals surface area contributed by atoms with Crippen LogP contribution in [0.3, 0.4) is 0 Å². The van der Waals surface area contributed by atoms with Gasteiger partial charge in [0.25, 0.3) is 5.91 Å². The van der Waals surface area contributed by atoms with Gasteiger partial charge in [-0.1, -0.05) is 72.5 Å². The summed E-state index contributed by atoms with van der Waals surface area (Å²) in [4.78, 5) is 29.8. The Bertz CT molecular complexity index is 1130. The lowest BCUT2D eigenvalue weighted by Crippen LogP contribution is -2.27. The smallest absolute Gasteiger partial charge is 0.336 e. The van der Waals surface area contributed by atoms with Gasteiger partial charge in [0.15, 0.2) is 0 Å². The maximum atomic E-state index is 13.5. The Kier molecular flexibility index (Phi) is 7.03. The van der Waals surface area contributed by atoms with E-state index in [1.54, 1.807) is 40.9 Å². The van der Waals surface area contributed by atoms with E-state index in [1.807, 2.05) is 36.4 Å². The number of carboxylic acids is 1. The van der Waals surface area contributed by atoms with Crippen molar-refractivity contribution in [1.82, 2.24) is 9.80 Å². The minimum Gasteiger partial charge on any atom is -0.478 e. The number of aromatic carboxylic acids is 1. The molecule has 2 aromatic carbocycles. The summed E-state index contributed by atoms with van der Waals surface area (Å²) in [6.07, 6.45) is 1.96. The fourth-order valence-electron chi connectivity index (χ4n) is 3.67. The first-order valence-corrected chi connectivity index (χ1v) is 12.4. The Hall–Kier alpha value is -2.55. The van der Waals surface area contributed by atoms with Crippen LogP contribution in [0.25, 0.3) is 5.57 Å². The summed E-state index contributed by atoms with van der Waals surface area (Å²) >= 11 is 8.51. The van der Waals surface area contributed by atoms with Crippen molar-refractivity contribution in [2.24, 2.45) is 0 Å². The first-order valence-electron chi connectivity index (χ1n) is 10.2. The van der Waals surface area contributed by atoms with E-state index in [2.05, 4.69) is 11.8 Å². The third-order valence-corrected chi connectivity index (χ3v) is 7.82. The summed E-state index contributed by atoms with van der Waals surface area (Å²) in [6.45, 7) is 4.25. The van der Waals surface area contributed by atoms with Gasteiger partial charge in [-0.05, 0) is 30.2 Å². The van der Waals surface area contributed by atoms with E-state index in [1.165, 1.54) is 11.8 Å². The highest BCUT2D eigenvalue weighted by Gasteiger charge is 2.35. The summed E-state index contributed by atoms with van der Waals surface area (Å²) in [5.41, 5.74) is 2.29. The van der Waals surface area contributed by atoms with Crippen molar-refractivity contribution >= 4 is 57.5 Å². The number of nitrogens with zero attached hydrogens (tertiary/aromatic N) is 2. The zero-order valence-corrected chi connectivity index (χ0v) is 19.9. The van der Waals surface area contributed by atoms with Crippen LogP contribution in [0.4, 0.5) is 0 Å². The first kappa shape index (κ1) is 22.6. The molecule has 2 aliphatic rings. The maximum Gasteiger partial charge on any atom is 0.336 e. The summed E-state index contributed by atoms with van der Waals surface area (Å²) in [5.74, 6) is -0.257. The number of amides is 1. The maximum absolute atomic E-state index is 13.5. The molecule has 0 aromatic heterocycles. The van der Waals surface area contributed by atoms with E-state index in [9.17, 15) is 14.7 Å². The van der Waals surface area contributed by atoms with Gasteiger partial charge in [-0.3, -0.25) is 9.69 Å². The molecule has 8 heteroatoms. The largest absolute Gasteiger partial charge is 0.478 e. The van der Waals surface area contributed by atoms with Gasteiger partial charge in [-0.15, -0.1) is 11.8 Å². The van der Waals surface area contributed by atoms with Crippen molar-refractivity contribution in [2.75, 3.05) is 18.8 Å². The number of hydrogen-bond acceptors (Lipinski definition) is 6. The SMILES string of the molecule is CCN1CCS/C1=C\C(=C1/SC(=S)N(Cc2ccccc2)C1=O)c1ccccc1C(=O)O. The van der Waals surface area contributed by atoms with Gasteiger partial charge in [-0.2, -0.15) is 0 Å². The van der Waals surface area contributed by atoms with Gasteiger partial charge < -0.3 is 10.0 Å². The molecule has 0 unspecified atom stereocenters. The van der Waals surface area contributed by atoms with Crippen LogP contribution < -0.4 is 0 Å². The quantitative estimate of drug-likeness (QED) is 0.456. The second kappa shape index (κ2) is 9.94. The number of carbonyl (C=O) groups excluding carboxylic acids is 1. The zero-order valence-electron chi connectivity index (χ0n) is 17.5. The summed E-state index contributed by atoms with van der Waals surface area (Å²) in [7, 11) is 0. The highest BCUT2D eigenvalue weighted by atomic mass is 32.2. The average molecular weight is 483 g/mol. The number of thioether (sulfide) groups is 2. The number of carbonyl (C=O) groups is 2. The van der Waals surface area contributed by atoms with Crippen LogP contribution in [0.5, 0.6) is 0 Å². The van der Waals surface area contributed by atoms with Gasteiger partial charge in [0.05, 0.1) is 22.0 Å². The van der Waals surface area contributed by atoms with E-state index in [0.717, 1.165) is 29.4 Å². The number of rotatable bonds is 6. The number of hydrogen-bond donors (Lipinski definition) is 1. The Morgan fingerprint density at radius 3 is 2.50 bits per heavy atom. The van der Waals surface area contributed by atoms with Gasteiger partial charge in [0.2, 0.25) is 0 Å². The van der Waals surface area contributed by atoms with Crippen LogP contribution in [0, 0.1) is 0 Å². The van der Waals surface area contributed by atoms with Gasteiger partial charge >= 0.3 is 5.97 Å². The summed E-state index contributed by atoms with van der Waals surface area (Å²) < 4.78 is 0.476. The van der Waals surface area contributed by atoms with Crippen molar-refractivity contribution in [3.8, 4) is 0 Å². The molecule has 1 N–H and O–H groups in total. The molecule has 1 amide bonds. The molecule has 2 aromatic rings. The second-order valence-electron chi connectivity index (χ2n) is 7.25. The lowest BCUT2D eigenvalue weighted by Gasteiger charge is -2.18. The van der Waals surface area contributed by atoms with E-state index in [4.69, 9.17) is 12.2 Å². The first-order chi connectivity index (χ1) is 15.5. The average Bonchev–Trinajstić information content (AvgIpc) is 3.37. The molecule has 0 spiro atoms. The van der Waals surface area contributed by atoms with Gasteiger partial charge in [-0.25, -0.2) is 4.79 Å². The number of allylic oxidation sites excluding steroid dienone is 2. The number of carboxylic acid groups (broad SMARTS) is 1. The molecule has 2 fully saturated rings. The highest BCUT2D eigenvalue weighted by molar-refractivity contribution is 8.26. The molecule has 164 valence electrons. The second-order valence-corrected chi connectivity index (χ2v) is 10.0. The van der Waals surface area contributed by atoms with Crippen molar-refractivity contribution in [1.29, 1.82) is 0 Å². The molecule has 4 rings (SSSR count). The fourth-order valence-corrected chi connectivity index (χ4v) is 6.10. The van der Waals surface area contributed by atoms with E-state index >= 15 is 0 Å². The van der Waals surface area contributed by atoms with Crippen LogP contribution in [0.2, 0.25) is 0 Å². The zero-order chi connectivity index (χ0) is 22.7. The predicted octanol–water partition coefficient (Wildman–Crippen LogP) is 5.07. The molecule has 0 radical (unpaired) electrons. The molecule has 2 aliphatic heterocycles. The number of thiocarbonyl (C=S) groups is 1. The monoisotopic (exact) mass is 482 g/mol. The Morgan fingerprint density at radius 2 is 1.81 bits per heavy atom. The van der Waals surface area contributed by atoms with Gasteiger partial charge in [0.1, 0.15) is 4.32 Å². The van der Waals surface area contributed by atoms with Crippen molar-refractivity contribution < 1.29 is 14.7 Å². The fraction of sp³-hybridized carbons (Fsp3) is 0.208. The normalized spacial score (nSPS) is 19.2.